The Bertz CT molecular complexity index is 864. The van der Waals surface area contributed by atoms with Crippen molar-refractivity contribution in [3.05, 3.63) is 35.0 Å². The van der Waals surface area contributed by atoms with Crippen LogP contribution in [0.3, 0.4) is 0 Å². The quantitative estimate of drug-likeness (QED) is 0.809. The maximum atomic E-state index is 8.54. The lowest BCUT2D eigenvalue weighted by atomic mass is 9.83. The molecule has 1 fully saturated rings. The van der Waals surface area contributed by atoms with Gasteiger partial charge in [0.25, 0.3) is 0 Å². The van der Waals surface area contributed by atoms with Crippen molar-refractivity contribution >= 4 is 10.9 Å². The SMILES string of the molecule is [2H]C1([2H])NC2CCCc3c2n(c2ccc(C4CCCCC4)cc32)C1([2H])[2H]. The van der Waals surface area contributed by atoms with Crippen molar-refractivity contribution in [2.24, 2.45) is 0 Å². The molecule has 0 amide bonds. The number of nitrogens with one attached hydrogen (secondary N) is 1. The van der Waals surface area contributed by atoms with Crippen molar-refractivity contribution in [3.63, 3.8) is 0 Å². The van der Waals surface area contributed by atoms with Gasteiger partial charge in [0, 0.05) is 38.4 Å². The Morgan fingerprint density at radius 1 is 1.09 bits per heavy atom. The summed E-state index contributed by atoms with van der Waals surface area (Å²) < 4.78 is 35.3. The fraction of sp³-hybridized carbons (Fsp3) is 0.600. The number of hydrogen-bond acceptors (Lipinski definition) is 1. The van der Waals surface area contributed by atoms with Gasteiger partial charge in [-0.3, -0.25) is 0 Å². The Labute approximate surface area is 138 Å². The van der Waals surface area contributed by atoms with Crippen LogP contribution in [0.1, 0.15) is 79.2 Å². The maximum Gasteiger partial charge on any atom is 0.0511 e. The van der Waals surface area contributed by atoms with E-state index >= 15 is 0 Å². The van der Waals surface area contributed by atoms with E-state index in [1.54, 1.807) is 4.57 Å². The Morgan fingerprint density at radius 2 is 2.00 bits per heavy atom. The second kappa shape index (κ2) is 5.13. The maximum absolute atomic E-state index is 8.54. The highest BCUT2D eigenvalue weighted by Crippen LogP contribution is 2.41. The van der Waals surface area contributed by atoms with Gasteiger partial charge in [0.05, 0.1) is 2.74 Å². The van der Waals surface area contributed by atoms with Gasteiger partial charge in [-0.05, 0) is 61.3 Å². The second-order valence-corrected chi connectivity index (χ2v) is 7.14. The molecule has 3 aliphatic rings. The fourth-order valence-electron chi connectivity index (χ4n) is 4.77. The molecule has 2 aromatic rings. The number of hydrogen-bond donors (Lipinski definition) is 1. The topological polar surface area (TPSA) is 17.0 Å². The van der Waals surface area contributed by atoms with E-state index in [0.717, 1.165) is 35.9 Å². The Balaban J connectivity index is 1.73. The van der Waals surface area contributed by atoms with Gasteiger partial charge in [0.15, 0.2) is 0 Å². The minimum absolute atomic E-state index is 0.0943. The summed E-state index contributed by atoms with van der Waals surface area (Å²) in [5, 5.41) is 4.11. The van der Waals surface area contributed by atoms with Gasteiger partial charge >= 0.3 is 0 Å². The lowest BCUT2D eigenvalue weighted by molar-refractivity contribution is 0.384. The van der Waals surface area contributed by atoms with Crippen LogP contribution in [0.15, 0.2) is 18.2 Å². The van der Waals surface area contributed by atoms with Crippen molar-refractivity contribution in [2.75, 3.05) is 6.50 Å². The molecule has 0 spiro atoms. The highest BCUT2D eigenvalue weighted by atomic mass is 15.1. The summed E-state index contributed by atoms with van der Waals surface area (Å²) in [6.45, 7) is -4.17. The summed E-state index contributed by atoms with van der Waals surface area (Å²) in [5.74, 6) is 0.623. The Morgan fingerprint density at radius 3 is 2.91 bits per heavy atom. The van der Waals surface area contributed by atoms with Crippen molar-refractivity contribution in [1.29, 1.82) is 0 Å². The zero-order valence-corrected chi connectivity index (χ0v) is 13.0. The van der Waals surface area contributed by atoms with Crippen LogP contribution >= 0.6 is 0 Å². The van der Waals surface area contributed by atoms with Gasteiger partial charge in [0.2, 0.25) is 0 Å². The van der Waals surface area contributed by atoms with E-state index in [9.17, 15) is 0 Å². The molecule has 1 aromatic heterocycles. The number of rotatable bonds is 1. The predicted octanol–water partition coefficient (Wildman–Crippen LogP) is 4.67. The first kappa shape index (κ1) is 9.77. The van der Waals surface area contributed by atoms with Crippen LogP contribution in [0.5, 0.6) is 0 Å². The highest BCUT2D eigenvalue weighted by Gasteiger charge is 2.30. The third-order valence-electron chi connectivity index (χ3n) is 5.88. The number of aryl methyl sites for hydroxylation is 2. The van der Waals surface area contributed by atoms with Crippen molar-refractivity contribution in [1.82, 2.24) is 9.88 Å². The smallest absolute Gasteiger partial charge is 0.0511 e. The molecule has 0 bridgehead atoms. The average Bonchev–Trinajstić information content (AvgIpc) is 2.97. The van der Waals surface area contributed by atoms with Crippen molar-refractivity contribution < 1.29 is 5.48 Å². The summed E-state index contributed by atoms with van der Waals surface area (Å²) in [4.78, 5) is 0. The second-order valence-electron chi connectivity index (χ2n) is 7.14. The van der Waals surface area contributed by atoms with Gasteiger partial charge in [-0.1, -0.05) is 25.3 Å². The summed E-state index contributed by atoms with van der Waals surface area (Å²) in [7, 11) is 0. The number of fused-ring (bicyclic) bond motifs is 3. The molecule has 0 radical (unpaired) electrons. The molecule has 0 saturated heterocycles. The summed E-state index contributed by atoms with van der Waals surface area (Å²) in [6, 6.07) is 6.41. The van der Waals surface area contributed by atoms with Crippen LogP contribution in [-0.2, 0) is 12.9 Å². The standard InChI is InChI=1S/C20H26N2/c1-2-5-14(6-3-1)15-9-10-19-17(13-15)16-7-4-8-18-20(16)22(19)12-11-21-18/h9-10,13-14,18,21H,1-8,11-12H2/i11D2,12D2. The summed E-state index contributed by atoms with van der Waals surface area (Å²) >= 11 is 0. The monoisotopic (exact) mass is 298 g/mol. The molecule has 22 heavy (non-hydrogen) atoms. The fourth-order valence-corrected chi connectivity index (χ4v) is 4.77. The van der Waals surface area contributed by atoms with Crippen LogP contribution < -0.4 is 5.32 Å². The van der Waals surface area contributed by atoms with Gasteiger partial charge < -0.3 is 9.88 Å². The number of nitrogens with zero attached hydrogens (tertiary/aromatic N) is 1. The first-order valence-electron chi connectivity index (χ1n) is 10.9. The van der Waals surface area contributed by atoms with Crippen LogP contribution in [0.25, 0.3) is 10.9 Å². The number of aromatic nitrogens is 1. The molecule has 1 saturated carbocycles. The largest absolute Gasteiger partial charge is 0.342 e. The Hall–Kier alpha value is -1.28. The minimum atomic E-state index is -2.10. The lowest BCUT2D eigenvalue weighted by Gasteiger charge is -2.31. The zero-order valence-electron chi connectivity index (χ0n) is 17.0. The van der Waals surface area contributed by atoms with E-state index in [-0.39, 0.29) is 6.04 Å². The summed E-state index contributed by atoms with van der Waals surface area (Å²) in [6.07, 6.45) is 9.30. The lowest BCUT2D eigenvalue weighted by Crippen LogP contribution is -2.35. The molecule has 2 nitrogen and oxygen atoms in total. The van der Waals surface area contributed by atoms with Gasteiger partial charge in [-0.25, -0.2) is 0 Å². The van der Waals surface area contributed by atoms with Crippen LogP contribution in [-0.4, -0.2) is 11.1 Å². The highest BCUT2D eigenvalue weighted by molar-refractivity contribution is 5.87. The molecule has 1 aliphatic heterocycles. The van der Waals surface area contributed by atoms with Crippen molar-refractivity contribution in [2.45, 2.75) is 69.8 Å². The molecule has 5 rings (SSSR count). The molecule has 1 aromatic carbocycles. The first-order valence-corrected chi connectivity index (χ1v) is 8.85. The van der Waals surface area contributed by atoms with E-state index in [1.807, 2.05) is 6.07 Å². The van der Waals surface area contributed by atoms with E-state index in [2.05, 4.69) is 17.4 Å². The zero-order chi connectivity index (χ0) is 18.1. The number of benzene rings is 1. The minimum Gasteiger partial charge on any atom is -0.342 e. The van der Waals surface area contributed by atoms with Gasteiger partial charge in [0.1, 0.15) is 0 Å². The summed E-state index contributed by atoms with van der Waals surface area (Å²) in [5.41, 5.74) is 4.46. The molecular formula is C20H26N2. The van der Waals surface area contributed by atoms with Gasteiger partial charge in [-0.15, -0.1) is 0 Å². The molecule has 2 aliphatic carbocycles. The van der Waals surface area contributed by atoms with Crippen molar-refractivity contribution in [3.8, 4) is 0 Å². The van der Waals surface area contributed by atoms with E-state index in [1.165, 1.54) is 43.2 Å². The van der Waals surface area contributed by atoms with Crippen LogP contribution in [0, 0.1) is 0 Å². The van der Waals surface area contributed by atoms with E-state index < -0.39 is 13.0 Å². The molecular weight excluding hydrogens is 268 g/mol. The van der Waals surface area contributed by atoms with Crippen LogP contribution in [0.4, 0.5) is 0 Å². The third kappa shape index (κ3) is 1.89. The average molecular weight is 298 g/mol. The molecule has 1 N–H and O–H groups in total. The van der Waals surface area contributed by atoms with E-state index in [0.29, 0.717) is 5.92 Å². The van der Waals surface area contributed by atoms with Gasteiger partial charge in [-0.2, -0.15) is 0 Å². The third-order valence-corrected chi connectivity index (χ3v) is 5.88. The predicted molar refractivity (Wildman–Crippen MR) is 91.4 cm³/mol. The Kier molecular flexibility index (Phi) is 2.28. The molecule has 1 unspecified atom stereocenters. The molecule has 2 heteroatoms. The first-order chi connectivity index (χ1) is 12.4. The molecule has 2 heterocycles. The molecule has 1 atom stereocenters. The van der Waals surface area contributed by atoms with Crippen LogP contribution in [0.2, 0.25) is 0 Å². The molecule has 116 valence electrons. The van der Waals surface area contributed by atoms with E-state index in [4.69, 9.17) is 5.48 Å². The normalized spacial score (nSPS) is 32.6.